The van der Waals surface area contributed by atoms with Crippen molar-refractivity contribution in [2.24, 2.45) is 7.05 Å². The molecule has 90 valence electrons. The summed E-state index contributed by atoms with van der Waals surface area (Å²) < 4.78 is 1.86. The van der Waals surface area contributed by atoms with Crippen LogP contribution in [0.1, 0.15) is 22.4 Å². The minimum Gasteiger partial charge on any atom is -0.369 e. The molecule has 0 saturated carbocycles. The smallest absolute Gasteiger partial charge is 0.200 e. The Morgan fingerprint density at radius 1 is 1.24 bits per heavy atom. The van der Waals surface area contributed by atoms with Gasteiger partial charge < -0.3 is 10.3 Å². The molecular formula is C14H19N3. The Labute approximate surface area is 102 Å². The molecule has 1 aromatic heterocycles. The van der Waals surface area contributed by atoms with Gasteiger partial charge in [-0.3, -0.25) is 0 Å². The molecule has 3 nitrogen and oxygen atoms in total. The number of benzene rings is 1. The molecule has 0 aliphatic heterocycles. The van der Waals surface area contributed by atoms with Crippen LogP contribution in [-0.2, 0) is 19.9 Å². The maximum Gasteiger partial charge on any atom is 0.200 e. The average molecular weight is 229 g/mol. The first-order valence-corrected chi connectivity index (χ1v) is 5.90. The Morgan fingerprint density at radius 2 is 2.00 bits per heavy atom. The third-order valence-corrected chi connectivity index (χ3v) is 3.11. The predicted octanol–water partition coefficient (Wildman–Crippen LogP) is 2.40. The molecule has 0 aliphatic carbocycles. The van der Waals surface area contributed by atoms with Gasteiger partial charge in [-0.1, -0.05) is 23.8 Å². The second-order valence-corrected chi connectivity index (χ2v) is 4.63. The quantitative estimate of drug-likeness (QED) is 0.878. The second-order valence-electron chi connectivity index (χ2n) is 4.63. The van der Waals surface area contributed by atoms with Crippen molar-refractivity contribution in [3.63, 3.8) is 0 Å². The predicted molar refractivity (Wildman–Crippen MR) is 70.9 cm³/mol. The van der Waals surface area contributed by atoms with Crippen molar-refractivity contribution in [3.8, 4) is 0 Å². The fourth-order valence-electron chi connectivity index (χ4n) is 2.05. The molecule has 3 heteroatoms. The molecule has 0 unspecified atom stereocenters. The number of imidazole rings is 1. The van der Waals surface area contributed by atoms with Gasteiger partial charge in [-0.05, 0) is 37.8 Å². The summed E-state index contributed by atoms with van der Waals surface area (Å²) >= 11 is 0. The van der Waals surface area contributed by atoms with Crippen LogP contribution < -0.4 is 5.73 Å². The van der Waals surface area contributed by atoms with Gasteiger partial charge in [0.05, 0.1) is 5.69 Å². The summed E-state index contributed by atoms with van der Waals surface area (Å²) in [4.78, 5) is 4.31. The lowest BCUT2D eigenvalue weighted by Gasteiger charge is -2.05. The molecule has 2 N–H and O–H groups in total. The van der Waals surface area contributed by atoms with E-state index in [2.05, 4.69) is 37.0 Å². The normalized spacial score (nSPS) is 10.8. The molecule has 0 radical (unpaired) electrons. The minimum absolute atomic E-state index is 0.584. The molecule has 0 spiro atoms. The van der Waals surface area contributed by atoms with Crippen molar-refractivity contribution in [1.29, 1.82) is 0 Å². The molecule has 2 aromatic rings. The lowest BCUT2D eigenvalue weighted by molar-refractivity contribution is 0.904. The summed E-state index contributed by atoms with van der Waals surface area (Å²) in [6, 6.07) is 6.59. The molecule has 0 atom stereocenters. The van der Waals surface area contributed by atoms with Gasteiger partial charge in [-0.2, -0.15) is 0 Å². The van der Waals surface area contributed by atoms with Crippen LogP contribution in [0.3, 0.4) is 0 Å². The SMILES string of the molecule is Cc1ccc(CCc2cn(C)c(N)n2)c(C)c1. The third-order valence-electron chi connectivity index (χ3n) is 3.11. The molecule has 0 bridgehead atoms. The van der Waals surface area contributed by atoms with Crippen molar-refractivity contribution in [3.05, 3.63) is 46.8 Å². The van der Waals surface area contributed by atoms with Crippen LogP contribution in [0.4, 0.5) is 5.95 Å². The Hall–Kier alpha value is -1.77. The molecular weight excluding hydrogens is 210 g/mol. The minimum atomic E-state index is 0.584. The second kappa shape index (κ2) is 4.62. The van der Waals surface area contributed by atoms with Crippen molar-refractivity contribution in [2.75, 3.05) is 5.73 Å². The molecule has 1 heterocycles. The largest absolute Gasteiger partial charge is 0.369 e. The van der Waals surface area contributed by atoms with Crippen LogP contribution in [0.2, 0.25) is 0 Å². The highest BCUT2D eigenvalue weighted by Gasteiger charge is 2.04. The van der Waals surface area contributed by atoms with Crippen LogP contribution in [0.5, 0.6) is 0 Å². The standard InChI is InChI=1S/C14H19N3/c1-10-4-5-12(11(2)8-10)6-7-13-9-17(3)14(15)16-13/h4-5,8-9H,6-7H2,1-3H3,(H2,15,16). The molecule has 17 heavy (non-hydrogen) atoms. The number of nitrogens with two attached hydrogens (primary N) is 1. The first-order valence-electron chi connectivity index (χ1n) is 5.90. The van der Waals surface area contributed by atoms with Gasteiger partial charge in [0, 0.05) is 13.2 Å². The van der Waals surface area contributed by atoms with E-state index in [1.165, 1.54) is 16.7 Å². The zero-order chi connectivity index (χ0) is 12.4. The van der Waals surface area contributed by atoms with E-state index >= 15 is 0 Å². The van der Waals surface area contributed by atoms with E-state index in [1.807, 2.05) is 17.8 Å². The van der Waals surface area contributed by atoms with E-state index in [9.17, 15) is 0 Å². The average Bonchev–Trinajstić information content (AvgIpc) is 2.57. The van der Waals surface area contributed by atoms with Crippen molar-refractivity contribution >= 4 is 5.95 Å². The highest BCUT2D eigenvalue weighted by molar-refractivity contribution is 5.31. The van der Waals surface area contributed by atoms with Crippen molar-refractivity contribution < 1.29 is 0 Å². The van der Waals surface area contributed by atoms with Crippen LogP contribution in [0.25, 0.3) is 0 Å². The van der Waals surface area contributed by atoms with Gasteiger partial charge in [0.15, 0.2) is 5.95 Å². The van der Waals surface area contributed by atoms with Gasteiger partial charge in [0.1, 0.15) is 0 Å². The van der Waals surface area contributed by atoms with Crippen molar-refractivity contribution in [1.82, 2.24) is 9.55 Å². The number of hydrogen-bond acceptors (Lipinski definition) is 2. The van der Waals surface area contributed by atoms with Gasteiger partial charge in [0.25, 0.3) is 0 Å². The number of anilines is 1. The van der Waals surface area contributed by atoms with E-state index in [4.69, 9.17) is 5.73 Å². The maximum atomic E-state index is 5.71. The lowest BCUT2D eigenvalue weighted by Crippen LogP contribution is -1.95. The Kier molecular flexibility index (Phi) is 3.18. The Bertz CT molecular complexity index is 507. The fraction of sp³-hybridized carbons (Fsp3) is 0.357. The zero-order valence-corrected chi connectivity index (χ0v) is 10.7. The summed E-state index contributed by atoms with van der Waals surface area (Å²) in [5.41, 5.74) is 10.8. The molecule has 0 amide bonds. The van der Waals surface area contributed by atoms with Crippen LogP contribution in [0, 0.1) is 13.8 Å². The van der Waals surface area contributed by atoms with Gasteiger partial charge in [-0.15, -0.1) is 0 Å². The van der Waals surface area contributed by atoms with E-state index in [-0.39, 0.29) is 0 Å². The number of nitrogens with zero attached hydrogens (tertiary/aromatic N) is 2. The van der Waals surface area contributed by atoms with Crippen molar-refractivity contribution in [2.45, 2.75) is 26.7 Å². The molecule has 2 rings (SSSR count). The van der Waals surface area contributed by atoms with Crippen LogP contribution >= 0.6 is 0 Å². The lowest BCUT2D eigenvalue weighted by atomic mass is 10.0. The topological polar surface area (TPSA) is 43.8 Å². The van der Waals surface area contributed by atoms with Gasteiger partial charge in [-0.25, -0.2) is 4.98 Å². The van der Waals surface area contributed by atoms with Crippen LogP contribution in [-0.4, -0.2) is 9.55 Å². The van der Waals surface area contributed by atoms with E-state index < -0.39 is 0 Å². The summed E-state index contributed by atoms with van der Waals surface area (Å²) in [7, 11) is 1.92. The molecule has 0 fully saturated rings. The summed E-state index contributed by atoms with van der Waals surface area (Å²) in [6.45, 7) is 4.28. The highest BCUT2D eigenvalue weighted by Crippen LogP contribution is 2.14. The Balaban J connectivity index is 2.07. The number of rotatable bonds is 3. The maximum absolute atomic E-state index is 5.71. The molecule has 0 aliphatic rings. The monoisotopic (exact) mass is 229 g/mol. The first-order chi connectivity index (χ1) is 8.06. The van der Waals surface area contributed by atoms with Gasteiger partial charge >= 0.3 is 0 Å². The summed E-state index contributed by atoms with van der Waals surface area (Å²) in [6.07, 6.45) is 3.95. The fourth-order valence-corrected chi connectivity index (χ4v) is 2.05. The summed E-state index contributed by atoms with van der Waals surface area (Å²) in [5.74, 6) is 0.584. The summed E-state index contributed by atoms with van der Waals surface area (Å²) in [5, 5.41) is 0. The molecule has 0 saturated heterocycles. The van der Waals surface area contributed by atoms with E-state index in [0.717, 1.165) is 18.5 Å². The van der Waals surface area contributed by atoms with E-state index in [0.29, 0.717) is 5.95 Å². The van der Waals surface area contributed by atoms with Crippen LogP contribution in [0.15, 0.2) is 24.4 Å². The number of nitrogen functional groups attached to an aromatic ring is 1. The number of aromatic nitrogens is 2. The zero-order valence-electron chi connectivity index (χ0n) is 10.7. The van der Waals surface area contributed by atoms with E-state index in [1.54, 1.807) is 0 Å². The third kappa shape index (κ3) is 2.67. The molecule has 1 aromatic carbocycles. The number of aryl methyl sites for hydroxylation is 5. The highest BCUT2D eigenvalue weighted by atomic mass is 15.1. The van der Waals surface area contributed by atoms with Gasteiger partial charge in [0.2, 0.25) is 0 Å². The number of hydrogen-bond donors (Lipinski definition) is 1. The first kappa shape index (κ1) is 11.7. The Morgan fingerprint density at radius 3 is 2.59 bits per heavy atom.